The zero-order valence-electron chi connectivity index (χ0n) is 11.4. The maximum Gasteiger partial charge on any atom is 0.401 e. The molecule has 0 aromatic carbocycles. The van der Waals surface area contributed by atoms with E-state index >= 15 is 0 Å². The molecular weight excluding hydrogens is 229 g/mol. The number of nitrogens with one attached hydrogen (secondary N) is 1. The van der Waals surface area contributed by atoms with Crippen molar-refractivity contribution in [3.05, 3.63) is 0 Å². The van der Waals surface area contributed by atoms with Gasteiger partial charge in [-0.1, -0.05) is 13.8 Å². The Morgan fingerprint density at radius 3 is 2.00 bits per heavy atom. The molecular formula is C12H25F3N2. The maximum atomic E-state index is 12.5. The molecule has 0 bridgehead atoms. The van der Waals surface area contributed by atoms with E-state index in [9.17, 15) is 13.2 Å². The van der Waals surface area contributed by atoms with Crippen LogP contribution in [0.4, 0.5) is 13.2 Å². The van der Waals surface area contributed by atoms with Crippen molar-refractivity contribution in [3.63, 3.8) is 0 Å². The fraction of sp³-hybridized carbons (Fsp3) is 1.00. The third-order valence-corrected chi connectivity index (χ3v) is 3.09. The molecule has 2 unspecified atom stereocenters. The molecule has 0 aromatic rings. The van der Waals surface area contributed by atoms with Crippen LogP contribution in [-0.4, -0.2) is 42.8 Å². The van der Waals surface area contributed by atoms with Gasteiger partial charge < -0.3 is 5.32 Å². The molecule has 2 nitrogen and oxygen atoms in total. The van der Waals surface area contributed by atoms with Gasteiger partial charge in [-0.25, -0.2) is 0 Å². The van der Waals surface area contributed by atoms with Crippen molar-refractivity contribution < 1.29 is 13.2 Å². The van der Waals surface area contributed by atoms with Gasteiger partial charge in [0.25, 0.3) is 0 Å². The predicted molar refractivity (Wildman–Crippen MR) is 65.1 cm³/mol. The topological polar surface area (TPSA) is 15.3 Å². The van der Waals surface area contributed by atoms with Crippen LogP contribution in [0.1, 0.15) is 34.6 Å². The fourth-order valence-corrected chi connectivity index (χ4v) is 1.87. The molecule has 0 spiro atoms. The Hall–Kier alpha value is -0.290. The molecule has 0 heterocycles. The normalized spacial score (nSPS) is 16.6. The number of nitrogens with zero attached hydrogens (tertiary/aromatic N) is 1. The lowest BCUT2D eigenvalue weighted by Gasteiger charge is -2.36. The SMILES string of the molecule is CCNCC(C)C(C)N(CC(F)(F)F)C(C)C. The fourth-order valence-electron chi connectivity index (χ4n) is 1.87. The Kier molecular flexibility index (Phi) is 7.09. The van der Waals surface area contributed by atoms with Crippen molar-refractivity contribution >= 4 is 0 Å². The Balaban J connectivity index is 4.48. The highest BCUT2D eigenvalue weighted by Crippen LogP contribution is 2.22. The summed E-state index contributed by atoms with van der Waals surface area (Å²) in [6.07, 6.45) is -4.13. The number of alkyl halides is 3. The standard InChI is InChI=1S/C12H25F3N2/c1-6-16-7-10(4)11(5)17(9(2)3)8-12(13,14)15/h9-11,16H,6-8H2,1-5H3. The van der Waals surface area contributed by atoms with Crippen molar-refractivity contribution in [2.45, 2.75) is 52.9 Å². The van der Waals surface area contributed by atoms with Crippen molar-refractivity contribution in [1.82, 2.24) is 10.2 Å². The maximum absolute atomic E-state index is 12.5. The Bertz CT molecular complexity index is 204. The Morgan fingerprint density at radius 1 is 1.12 bits per heavy atom. The zero-order chi connectivity index (χ0) is 13.6. The summed E-state index contributed by atoms with van der Waals surface area (Å²) in [4.78, 5) is 1.52. The van der Waals surface area contributed by atoms with Crippen LogP contribution in [-0.2, 0) is 0 Å². The third kappa shape index (κ3) is 6.88. The van der Waals surface area contributed by atoms with Gasteiger partial charge in [0.15, 0.2) is 0 Å². The van der Waals surface area contributed by atoms with E-state index in [0.29, 0.717) is 0 Å². The molecule has 2 atom stereocenters. The van der Waals surface area contributed by atoms with E-state index in [-0.39, 0.29) is 18.0 Å². The molecule has 1 N–H and O–H groups in total. The van der Waals surface area contributed by atoms with E-state index in [1.165, 1.54) is 4.90 Å². The molecule has 5 heteroatoms. The van der Waals surface area contributed by atoms with Crippen LogP contribution in [0.25, 0.3) is 0 Å². The summed E-state index contributed by atoms with van der Waals surface area (Å²) in [5.74, 6) is 0.194. The lowest BCUT2D eigenvalue weighted by atomic mass is 10.0. The van der Waals surface area contributed by atoms with Gasteiger partial charge in [0, 0.05) is 12.1 Å². The minimum absolute atomic E-state index is 0.0873. The van der Waals surface area contributed by atoms with E-state index < -0.39 is 12.7 Å². The summed E-state index contributed by atoms with van der Waals surface area (Å²) < 4.78 is 37.5. The first-order chi connectivity index (χ1) is 7.69. The predicted octanol–water partition coefficient (Wildman–Crippen LogP) is 2.89. The van der Waals surface area contributed by atoms with Gasteiger partial charge in [0.1, 0.15) is 0 Å². The van der Waals surface area contributed by atoms with Crippen molar-refractivity contribution in [2.24, 2.45) is 5.92 Å². The highest BCUT2D eigenvalue weighted by atomic mass is 19.4. The third-order valence-electron chi connectivity index (χ3n) is 3.09. The van der Waals surface area contributed by atoms with Crippen LogP contribution >= 0.6 is 0 Å². The molecule has 104 valence electrons. The summed E-state index contributed by atoms with van der Waals surface area (Å²) in [6.45, 7) is 10.2. The summed E-state index contributed by atoms with van der Waals surface area (Å²) in [6, 6.07) is -0.189. The largest absolute Gasteiger partial charge is 0.401 e. The van der Waals surface area contributed by atoms with Gasteiger partial charge >= 0.3 is 6.18 Å². The monoisotopic (exact) mass is 254 g/mol. The van der Waals surface area contributed by atoms with Gasteiger partial charge in [-0.3, -0.25) is 4.90 Å². The van der Waals surface area contributed by atoms with Gasteiger partial charge in [-0.2, -0.15) is 13.2 Å². The Morgan fingerprint density at radius 2 is 1.65 bits per heavy atom. The van der Waals surface area contributed by atoms with Crippen LogP contribution < -0.4 is 5.32 Å². The summed E-state index contributed by atoms with van der Waals surface area (Å²) in [5, 5.41) is 3.18. The van der Waals surface area contributed by atoms with E-state index in [1.54, 1.807) is 0 Å². The number of rotatable bonds is 7. The molecule has 0 saturated heterocycles. The molecule has 17 heavy (non-hydrogen) atoms. The second-order valence-electron chi connectivity index (χ2n) is 4.91. The van der Waals surface area contributed by atoms with Crippen molar-refractivity contribution in [2.75, 3.05) is 19.6 Å². The molecule has 0 aliphatic carbocycles. The summed E-state index contributed by atoms with van der Waals surface area (Å²) >= 11 is 0. The van der Waals surface area contributed by atoms with E-state index in [0.717, 1.165) is 13.1 Å². The molecule has 0 aliphatic heterocycles. The lowest BCUT2D eigenvalue weighted by molar-refractivity contribution is -0.156. The Labute approximate surface area is 103 Å². The minimum Gasteiger partial charge on any atom is -0.317 e. The van der Waals surface area contributed by atoms with Crippen LogP contribution in [0, 0.1) is 5.92 Å². The summed E-state index contributed by atoms with van der Waals surface area (Å²) in [7, 11) is 0. The quantitative estimate of drug-likeness (QED) is 0.751. The van der Waals surface area contributed by atoms with Gasteiger partial charge in [0.05, 0.1) is 6.54 Å². The van der Waals surface area contributed by atoms with E-state index in [2.05, 4.69) is 5.32 Å². The van der Waals surface area contributed by atoms with Crippen LogP contribution in [0.3, 0.4) is 0 Å². The van der Waals surface area contributed by atoms with Crippen molar-refractivity contribution in [1.29, 1.82) is 0 Å². The second kappa shape index (κ2) is 7.21. The van der Waals surface area contributed by atoms with Gasteiger partial charge in [-0.05, 0) is 39.8 Å². The molecule has 0 rings (SSSR count). The average Bonchev–Trinajstić information content (AvgIpc) is 2.19. The van der Waals surface area contributed by atoms with Gasteiger partial charge in [-0.15, -0.1) is 0 Å². The van der Waals surface area contributed by atoms with Crippen molar-refractivity contribution in [3.8, 4) is 0 Å². The first-order valence-electron chi connectivity index (χ1n) is 6.22. The van der Waals surface area contributed by atoms with Gasteiger partial charge in [0.2, 0.25) is 0 Å². The second-order valence-corrected chi connectivity index (χ2v) is 4.91. The molecule has 0 aliphatic rings. The van der Waals surface area contributed by atoms with E-state index in [4.69, 9.17) is 0 Å². The van der Waals surface area contributed by atoms with Crippen LogP contribution in [0.15, 0.2) is 0 Å². The smallest absolute Gasteiger partial charge is 0.317 e. The molecule has 0 aromatic heterocycles. The van der Waals surface area contributed by atoms with E-state index in [1.807, 2.05) is 34.6 Å². The number of hydrogen-bond donors (Lipinski definition) is 1. The summed E-state index contributed by atoms with van der Waals surface area (Å²) in [5.41, 5.74) is 0. The molecule has 0 radical (unpaired) electrons. The lowest BCUT2D eigenvalue weighted by Crippen LogP contribution is -2.48. The average molecular weight is 254 g/mol. The molecule has 0 fully saturated rings. The van der Waals surface area contributed by atoms with Crippen LogP contribution in [0.2, 0.25) is 0 Å². The first-order valence-corrected chi connectivity index (χ1v) is 6.22. The molecule has 0 amide bonds. The highest BCUT2D eigenvalue weighted by Gasteiger charge is 2.35. The zero-order valence-corrected chi connectivity index (χ0v) is 11.4. The molecule has 0 saturated carbocycles. The number of halogens is 3. The highest BCUT2D eigenvalue weighted by molar-refractivity contribution is 4.78. The van der Waals surface area contributed by atoms with Crippen LogP contribution in [0.5, 0.6) is 0 Å². The first kappa shape index (κ1) is 16.7. The number of hydrogen-bond acceptors (Lipinski definition) is 2. The minimum atomic E-state index is -4.13.